The third-order valence-electron chi connectivity index (χ3n) is 2.87. The van der Waals surface area contributed by atoms with Gasteiger partial charge in [0.05, 0.1) is 6.04 Å². The Balaban J connectivity index is 2.42. The molecule has 0 aliphatic carbocycles. The maximum atomic E-state index is 12.6. The Bertz CT molecular complexity index is 593. The monoisotopic (exact) mass is 347 g/mol. The molecule has 0 radical (unpaired) electrons. The van der Waals surface area contributed by atoms with Crippen molar-refractivity contribution in [2.75, 3.05) is 0 Å². The van der Waals surface area contributed by atoms with E-state index in [-0.39, 0.29) is 6.04 Å². The highest BCUT2D eigenvalue weighted by atomic mass is 79.9. The smallest absolute Gasteiger partial charge is 0.326 e. The third-order valence-corrected chi connectivity index (χ3v) is 3.37. The highest BCUT2D eigenvalue weighted by molar-refractivity contribution is 9.10. The molecule has 2 N–H and O–H groups in total. The number of hydrogen-bond acceptors (Lipinski definition) is 2. The standard InChI is InChI=1S/C13H13BrF3N3/c1-8(18)12(9-3-2-4-10(14)7-9)20-6-5-11(19-20)13(15,16)17/h2-8,12H,18H2,1H3. The number of aromatic nitrogens is 2. The van der Waals surface area contributed by atoms with Crippen LogP contribution in [0.2, 0.25) is 0 Å². The van der Waals surface area contributed by atoms with Gasteiger partial charge in [-0.05, 0) is 30.7 Å². The minimum atomic E-state index is -4.45. The van der Waals surface area contributed by atoms with Crippen LogP contribution in [0.3, 0.4) is 0 Å². The largest absolute Gasteiger partial charge is 0.435 e. The van der Waals surface area contributed by atoms with Gasteiger partial charge in [0.1, 0.15) is 0 Å². The van der Waals surface area contributed by atoms with Gasteiger partial charge in [0.15, 0.2) is 5.69 Å². The van der Waals surface area contributed by atoms with Crippen LogP contribution < -0.4 is 5.73 Å². The average Bonchev–Trinajstić information content (AvgIpc) is 2.77. The second-order valence-corrected chi connectivity index (χ2v) is 5.45. The zero-order chi connectivity index (χ0) is 14.9. The molecule has 1 aromatic carbocycles. The Labute approximate surface area is 122 Å². The number of nitrogens with zero attached hydrogens (tertiary/aromatic N) is 2. The van der Waals surface area contributed by atoms with E-state index in [9.17, 15) is 13.2 Å². The lowest BCUT2D eigenvalue weighted by Crippen LogP contribution is -2.31. The first kappa shape index (κ1) is 15.1. The highest BCUT2D eigenvalue weighted by Gasteiger charge is 2.34. The molecule has 7 heteroatoms. The van der Waals surface area contributed by atoms with Gasteiger partial charge in [0.2, 0.25) is 0 Å². The predicted octanol–water partition coefficient (Wildman–Crippen LogP) is 3.60. The summed E-state index contributed by atoms with van der Waals surface area (Å²) in [5.74, 6) is 0. The Morgan fingerprint density at radius 3 is 2.50 bits per heavy atom. The molecular formula is C13H13BrF3N3. The van der Waals surface area contributed by atoms with Gasteiger partial charge in [-0.1, -0.05) is 28.1 Å². The van der Waals surface area contributed by atoms with Crippen LogP contribution >= 0.6 is 15.9 Å². The van der Waals surface area contributed by atoms with E-state index < -0.39 is 17.9 Å². The fourth-order valence-electron chi connectivity index (χ4n) is 2.03. The Morgan fingerprint density at radius 2 is 2.00 bits per heavy atom. The number of nitrogens with two attached hydrogens (primary N) is 1. The molecule has 0 fully saturated rings. The molecule has 2 unspecified atom stereocenters. The summed E-state index contributed by atoms with van der Waals surface area (Å²) in [5, 5.41) is 3.61. The van der Waals surface area contributed by atoms with Gasteiger partial charge in [-0.25, -0.2) is 0 Å². The summed E-state index contributed by atoms with van der Waals surface area (Å²) in [4.78, 5) is 0. The minimum Gasteiger partial charge on any atom is -0.326 e. The highest BCUT2D eigenvalue weighted by Crippen LogP contribution is 2.30. The van der Waals surface area contributed by atoms with Crippen molar-refractivity contribution in [3.63, 3.8) is 0 Å². The van der Waals surface area contributed by atoms with Crippen LogP contribution in [0.25, 0.3) is 0 Å². The third kappa shape index (κ3) is 3.21. The molecule has 0 aliphatic heterocycles. The van der Waals surface area contributed by atoms with Crippen LogP contribution in [0.4, 0.5) is 13.2 Å². The summed E-state index contributed by atoms with van der Waals surface area (Å²) >= 11 is 3.34. The molecule has 2 rings (SSSR count). The zero-order valence-electron chi connectivity index (χ0n) is 10.6. The first-order chi connectivity index (χ1) is 9.29. The minimum absolute atomic E-state index is 0.384. The van der Waals surface area contributed by atoms with E-state index in [0.29, 0.717) is 0 Å². The van der Waals surface area contributed by atoms with E-state index in [4.69, 9.17) is 5.73 Å². The lowest BCUT2D eigenvalue weighted by molar-refractivity contribution is -0.141. The van der Waals surface area contributed by atoms with Crippen LogP contribution in [0, 0.1) is 0 Å². The fourth-order valence-corrected chi connectivity index (χ4v) is 2.45. The second kappa shape index (κ2) is 5.57. The lowest BCUT2D eigenvalue weighted by Gasteiger charge is -2.22. The Hall–Kier alpha value is -1.34. The molecule has 1 heterocycles. The van der Waals surface area contributed by atoms with Gasteiger partial charge >= 0.3 is 6.18 Å². The molecule has 2 aromatic rings. The summed E-state index contributed by atoms with van der Waals surface area (Å²) in [6.07, 6.45) is -3.15. The van der Waals surface area contributed by atoms with Crippen LogP contribution in [0.5, 0.6) is 0 Å². The molecule has 108 valence electrons. The molecule has 0 bridgehead atoms. The molecule has 0 saturated carbocycles. The van der Waals surface area contributed by atoms with Gasteiger partial charge in [-0.15, -0.1) is 0 Å². The van der Waals surface area contributed by atoms with E-state index >= 15 is 0 Å². The number of benzene rings is 1. The first-order valence-electron chi connectivity index (χ1n) is 5.92. The predicted molar refractivity (Wildman–Crippen MR) is 73.2 cm³/mol. The van der Waals surface area contributed by atoms with Crippen molar-refractivity contribution in [1.29, 1.82) is 0 Å². The van der Waals surface area contributed by atoms with Gasteiger partial charge in [-0.3, -0.25) is 4.68 Å². The van der Waals surface area contributed by atoms with Crippen molar-refractivity contribution in [3.05, 3.63) is 52.3 Å². The summed E-state index contributed by atoms with van der Waals surface area (Å²) < 4.78 is 39.9. The Kier molecular flexibility index (Phi) is 4.19. The molecule has 1 aromatic heterocycles. The molecule has 0 spiro atoms. The quantitative estimate of drug-likeness (QED) is 0.921. The van der Waals surface area contributed by atoms with Gasteiger partial charge in [-0.2, -0.15) is 18.3 Å². The van der Waals surface area contributed by atoms with Crippen LogP contribution in [0.1, 0.15) is 24.2 Å². The molecule has 0 saturated heterocycles. The van der Waals surface area contributed by atoms with Crippen molar-refractivity contribution >= 4 is 15.9 Å². The van der Waals surface area contributed by atoms with Crippen molar-refractivity contribution in [2.24, 2.45) is 5.73 Å². The van der Waals surface area contributed by atoms with Crippen molar-refractivity contribution in [3.8, 4) is 0 Å². The van der Waals surface area contributed by atoms with E-state index in [2.05, 4.69) is 21.0 Å². The van der Waals surface area contributed by atoms with Crippen molar-refractivity contribution in [2.45, 2.75) is 25.2 Å². The van der Waals surface area contributed by atoms with Crippen LogP contribution in [0.15, 0.2) is 41.0 Å². The maximum Gasteiger partial charge on any atom is 0.435 e. The average molecular weight is 348 g/mol. The van der Waals surface area contributed by atoms with Gasteiger partial charge in [0, 0.05) is 16.7 Å². The van der Waals surface area contributed by atoms with E-state index in [1.807, 2.05) is 24.3 Å². The number of hydrogen-bond donors (Lipinski definition) is 1. The molecule has 20 heavy (non-hydrogen) atoms. The van der Waals surface area contributed by atoms with E-state index in [1.165, 1.54) is 10.9 Å². The second-order valence-electron chi connectivity index (χ2n) is 4.54. The maximum absolute atomic E-state index is 12.6. The lowest BCUT2D eigenvalue weighted by atomic mass is 10.0. The molecule has 0 amide bonds. The van der Waals surface area contributed by atoms with Crippen LogP contribution in [-0.2, 0) is 6.18 Å². The molecule has 0 aliphatic rings. The van der Waals surface area contributed by atoms with Crippen molar-refractivity contribution < 1.29 is 13.2 Å². The normalized spacial score (nSPS) is 15.1. The number of halogens is 4. The molecule has 3 nitrogen and oxygen atoms in total. The summed E-state index contributed by atoms with van der Waals surface area (Å²) in [6, 6.07) is 7.40. The number of rotatable bonds is 3. The van der Waals surface area contributed by atoms with E-state index in [0.717, 1.165) is 16.1 Å². The fraction of sp³-hybridized carbons (Fsp3) is 0.308. The topological polar surface area (TPSA) is 43.8 Å². The zero-order valence-corrected chi connectivity index (χ0v) is 12.2. The van der Waals surface area contributed by atoms with E-state index in [1.54, 1.807) is 6.92 Å². The Morgan fingerprint density at radius 1 is 1.30 bits per heavy atom. The van der Waals surface area contributed by atoms with Gasteiger partial charge in [0.25, 0.3) is 0 Å². The summed E-state index contributed by atoms with van der Waals surface area (Å²) in [7, 11) is 0. The first-order valence-corrected chi connectivity index (χ1v) is 6.71. The summed E-state index contributed by atoms with van der Waals surface area (Å²) in [6.45, 7) is 1.74. The molecular weight excluding hydrogens is 335 g/mol. The molecule has 2 atom stereocenters. The van der Waals surface area contributed by atoms with Gasteiger partial charge < -0.3 is 5.73 Å². The SMILES string of the molecule is CC(N)C(c1cccc(Br)c1)n1ccc(C(F)(F)F)n1. The summed E-state index contributed by atoms with van der Waals surface area (Å²) in [5.41, 5.74) is 5.79. The van der Waals surface area contributed by atoms with Crippen molar-refractivity contribution in [1.82, 2.24) is 9.78 Å². The van der Waals surface area contributed by atoms with Crippen LogP contribution in [-0.4, -0.2) is 15.8 Å². The number of alkyl halides is 3.